The summed E-state index contributed by atoms with van der Waals surface area (Å²) in [5.41, 5.74) is 8.24. The lowest BCUT2D eigenvalue weighted by Crippen LogP contribution is -2.42. The maximum absolute atomic E-state index is 13.5. The molecular weight excluding hydrogens is 454 g/mol. The molecule has 2 heterocycles. The van der Waals surface area contributed by atoms with Gasteiger partial charge in [0, 0.05) is 23.1 Å². The Morgan fingerprint density at radius 1 is 1.45 bits per heavy atom. The molecule has 0 aliphatic carbocycles. The van der Waals surface area contributed by atoms with Gasteiger partial charge in [0.25, 0.3) is 5.91 Å². The van der Waals surface area contributed by atoms with Crippen LogP contribution < -0.4 is 10.5 Å². The summed E-state index contributed by atoms with van der Waals surface area (Å²) in [5.74, 6) is 0.812. The quantitative estimate of drug-likeness (QED) is 0.696. The van der Waals surface area contributed by atoms with E-state index in [0.29, 0.717) is 46.0 Å². The number of benzene rings is 1. The van der Waals surface area contributed by atoms with Crippen LogP contribution in [0.25, 0.3) is 0 Å². The summed E-state index contributed by atoms with van der Waals surface area (Å²) in [5, 5.41) is 10.1. The lowest BCUT2D eigenvalue weighted by atomic mass is 9.92. The summed E-state index contributed by atoms with van der Waals surface area (Å²) in [6.45, 7) is 6.86. The maximum atomic E-state index is 13.5. The first-order valence-corrected chi connectivity index (χ1v) is 10.8. The van der Waals surface area contributed by atoms with E-state index in [-0.39, 0.29) is 5.91 Å². The van der Waals surface area contributed by atoms with Crippen LogP contribution in [-0.4, -0.2) is 41.1 Å². The number of nitrogens with zero attached hydrogens (tertiary/aromatic N) is 4. The highest BCUT2D eigenvalue weighted by Gasteiger charge is 2.43. The van der Waals surface area contributed by atoms with Crippen molar-refractivity contribution in [3.63, 3.8) is 0 Å². The molecule has 0 saturated carbocycles. The first kappa shape index (κ1) is 21.3. The highest BCUT2D eigenvalue weighted by atomic mass is 79.9. The average molecular weight is 476 g/mol. The van der Waals surface area contributed by atoms with Crippen LogP contribution in [0.3, 0.4) is 0 Å². The van der Waals surface area contributed by atoms with Crippen LogP contribution in [0, 0.1) is 11.3 Å². The van der Waals surface area contributed by atoms with E-state index in [1.54, 1.807) is 16.9 Å². The first-order chi connectivity index (χ1) is 13.9. The van der Waals surface area contributed by atoms with Crippen LogP contribution in [0.15, 0.2) is 49.7 Å². The van der Waals surface area contributed by atoms with Crippen LogP contribution >= 0.6 is 27.7 Å². The summed E-state index contributed by atoms with van der Waals surface area (Å²) in [6.07, 6.45) is 0. The molecule has 3 rings (SSSR count). The highest BCUT2D eigenvalue weighted by Crippen LogP contribution is 2.47. The molecule has 0 radical (unpaired) electrons. The third kappa shape index (κ3) is 3.63. The predicted octanol–water partition coefficient (Wildman–Crippen LogP) is 3.71. The number of nitriles is 1. The van der Waals surface area contributed by atoms with Crippen LogP contribution in [0.4, 0.5) is 0 Å². The molecule has 0 unspecified atom stereocenters. The second kappa shape index (κ2) is 8.51. The number of rotatable bonds is 5. The minimum atomic E-state index is -0.554. The first-order valence-electron chi connectivity index (χ1n) is 9.16. The van der Waals surface area contributed by atoms with Crippen molar-refractivity contribution in [2.45, 2.75) is 26.8 Å². The number of amides is 1. The second-order valence-electron chi connectivity index (χ2n) is 6.46. The number of halogens is 1. The molecular formula is C20H22BrN5O2S. The molecule has 152 valence electrons. The number of aliphatic imine (C=N–C) groups is 1. The molecule has 1 amide bonds. The smallest absolute Gasteiger partial charge is 0.254 e. The number of carbonyl (C=O) groups excluding carboxylic acids is 1. The molecule has 0 saturated heterocycles. The van der Waals surface area contributed by atoms with Crippen LogP contribution in [0.1, 0.15) is 32.4 Å². The Kier molecular flexibility index (Phi) is 6.24. The third-order valence-corrected chi connectivity index (χ3v) is 6.41. The summed E-state index contributed by atoms with van der Waals surface area (Å²) < 4.78 is 6.45. The number of fused-ring (bicyclic) bond motifs is 1. The van der Waals surface area contributed by atoms with Crippen LogP contribution in [-0.2, 0) is 4.79 Å². The fourth-order valence-corrected chi connectivity index (χ4v) is 4.80. The zero-order chi connectivity index (χ0) is 21.3. The van der Waals surface area contributed by atoms with E-state index >= 15 is 0 Å². The summed E-state index contributed by atoms with van der Waals surface area (Å²) >= 11 is 4.73. The number of ether oxygens (including phenoxy) is 1. The Bertz CT molecular complexity index is 991. The Hall–Kier alpha value is -2.44. The average Bonchev–Trinajstić information content (AvgIpc) is 3.02. The van der Waals surface area contributed by atoms with Gasteiger partial charge >= 0.3 is 0 Å². The monoisotopic (exact) mass is 475 g/mol. The highest BCUT2D eigenvalue weighted by molar-refractivity contribution is 9.10. The molecule has 1 aromatic rings. The second-order valence-corrected chi connectivity index (χ2v) is 8.35. The molecule has 2 N–H and O–H groups in total. The van der Waals surface area contributed by atoms with Crippen molar-refractivity contribution in [3.8, 4) is 11.8 Å². The van der Waals surface area contributed by atoms with Crippen molar-refractivity contribution in [2.24, 2.45) is 10.7 Å². The van der Waals surface area contributed by atoms with E-state index in [0.717, 1.165) is 10.0 Å². The lowest BCUT2D eigenvalue weighted by molar-refractivity contribution is -0.127. The van der Waals surface area contributed by atoms with Gasteiger partial charge in [-0.1, -0.05) is 15.9 Å². The number of hydrogen-bond acceptors (Lipinski definition) is 7. The van der Waals surface area contributed by atoms with E-state index in [1.165, 1.54) is 11.8 Å². The van der Waals surface area contributed by atoms with Gasteiger partial charge in [0.1, 0.15) is 22.5 Å². The minimum Gasteiger partial charge on any atom is -0.496 e. The van der Waals surface area contributed by atoms with Crippen molar-refractivity contribution in [1.82, 2.24) is 9.80 Å². The van der Waals surface area contributed by atoms with Gasteiger partial charge < -0.3 is 15.4 Å². The van der Waals surface area contributed by atoms with Gasteiger partial charge in [0.05, 0.1) is 24.4 Å². The zero-order valence-electron chi connectivity index (χ0n) is 16.7. The molecule has 9 heteroatoms. The van der Waals surface area contributed by atoms with Crippen LogP contribution in [0.5, 0.6) is 5.75 Å². The van der Waals surface area contributed by atoms with Gasteiger partial charge in [-0.3, -0.25) is 9.69 Å². The molecule has 2 aliphatic heterocycles. The van der Waals surface area contributed by atoms with Crippen molar-refractivity contribution in [1.29, 1.82) is 5.26 Å². The van der Waals surface area contributed by atoms with Crippen molar-refractivity contribution in [2.75, 3.05) is 20.2 Å². The molecule has 0 spiro atoms. The van der Waals surface area contributed by atoms with Gasteiger partial charge in [-0.2, -0.15) is 5.26 Å². The van der Waals surface area contributed by atoms with Gasteiger partial charge in [-0.15, -0.1) is 0 Å². The fraction of sp³-hybridized carbons (Fsp3) is 0.350. The van der Waals surface area contributed by atoms with E-state index in [4.69, 9.17) is 10.5 Å². The largest absolute Gasteiger partial charge is 0.496 e. The minimum absolute atomic E-state index is 0.106. The van der Waals surface area contributed by atoms with Crippen LogP contribution in [0.2, 0.25) is 0 Å². The topological polar surface area (TPSA) is 95.0 Å². The van der Waals surface area contributed by atoms with Crippen molar-refractivity contribution in [3.05, 3.63) is 50.2 Å². The number of allylic oxidation sites excluding steroid dienone is 2. The third-order valence-electron chi connectivity index (χ3n) is 4.95. The molecule has 0 aromatic heterocycles. The van der Waals surface area contributed by atoms with Gasteiger partial charge in [-0.25, -0.2) is 4.99 Å². The number of amidine groups is 1. The molecule has 2 aliphatic rings. The zero-order valence-corrected chi connectivity index (χ0v) is 19.1. The predicted molar refractivity (Wildman–Crippen MR) is 118 cm³/mol. The van der Waals surface area contributed by atoms with Gasteiger partial charge in [-0.05, 0) is 50.7 Å². The molecule has 1 aromatic carbocycles. The lowest BCUT2D eigenvalue weighted by Gasteiger charge is -2.37. The van der Waals surface area contributed by atoms with Gasteiger partial charge in [0.15, 0.2) is 5.17 Å². The number of likely N-dealkylation sites (N-methyl/N-ethyl adjacent to an activating group) is 1. The Balaban J connectivity index is 2.28. The molecule has 29 heavy (non-hydrogen) atoms. The maximum Gasteiger partial charge on any atom is 0.254 e. The Morgan fingerprint density at radius 2 is 2.14 bits per heavy atom. The molecule has 0 fully saturated rings. The SMILES string of the molecule is CCN(CC)C(=O)C1=C(C)N=C2SC(C#N)=C(N)N2[C@H]1c1cc(Br)ccc1OC. The number of thioether (sulfide) groups is 1. The molecule has 1 atom stereocenters. The number of nitrogens with two attached hydrogens (primary N) is 1. The van der Waals surface area contributed by atoms with E-state index in [1.807, 2.05) is 39.0 Å². The standard InChI is InChI=1S/C20H22BrN5O2S/c1-5-25(6-2)19(27)16-11(3)24-20-26(18(23)15(10-22)29-20)17(16)13-9-12(21)7-8-14(13)28-4/h7-9,17H,5-6,23H2,1-4H3/t17-/m0/s1. The Labute approximate surface area is 183 Å². The normalized spacial score (nSPS) is 18.4. The summed E-state index contributed by atoms with van der Waals surface area (Å²) in [4.78, 5) is 22.0. The van der Waals surface area contributed by atoms with Gasteiger partial charge in [0.2, 0.25) is 0 Å². The molecule has 7 nitrogen and oxygen atoms in total. The summed E-state index contributed by atoms with van der Waals surface area (Å²) in [6, 6.07) is 7.20. The number of methoxy groups -OCH3 is 1. The van der Waals surface area contributed by atoms with E-state index in [2.05, 4.69) is 27.0 Å². The molecule has 0 bridgehead atoms. The van der Waals surface area contributed by atoms with E-state index < -0.39 is 6.04 Å². The number of carbonyl (C=O) groups is 1. The van der Waals surface area contributed by atoms with Crippen molar-refractivity contribution < 1.29 is 9.53 Å². The van der Waals surface area contributed by atoms with E-state index in [9.17, 15) is 10.1 Å². The fourth-order valence-electron chi connectivity index (χ4n) is 3.51. The summed E-state index contributed by atoms with van der Waals surface area (Å²) in [7, 11) is 1.59. The van der Waals surface area contributed by atoms with Crippen molar-refractivity contribution >= 4 is 38.8 Å². The number of hydrogen-bond donors (Lipinski definition) is 1. The Morgan fingerprint density at radius 3 is 2.72 bits per heavy atom.